The lowest BCUT2D eigenvalue weighted by Gasteiger charge is -2.14. The summed E-state index contributed by atoms with van der Waals surface area (Å²) in [7, 11) is 1.78. The molecule has 0 bridgehead atoms. The number of thiophene rings is 2. The number of aromatic nitrogens is 3. The molecule has 196 valence electrons. The number of nitrogens with one attached hydrogen (secondary N) is 2. The van der Waals surface area contributed by atoms with E-state index < -0.39 is 12.1 Å². The lowest BCUT2D eigenvalue weighted by atomic mass is 10.1. The lowest BCUT2D eigenvalue weighted by Crippen LogP contribution is -2.18. The number of benzene rings is 2. The van der Waals surface area contributed by atoms with Gasteiger partial charge in [-0.2, -0.15) is 5.10 Å². The van der Waals surface area contributed by atoms with Crippen LogP contribution in [-0.2, 0) is 23.0 Å². The van der Waals surface area contributed by atoms with Gasteiger partial charge in [0.1, 0.15) is 11.9 Å². The molecule has 0 saturated heterocycles. The van der Waals surface area contributed by atoms with Crippen LogP contribution in [0.3, 0.4) is 0 Å². The van der Waals surface area contributed by atoms with Crippen LogP contribution in [0.15, 0.2) is 73.1 Å². The number of amides is 1. The Bertz CT molecular complexity index is 1800. The zero-order chi connectivity index (χ0) is 27.1. The van der Waals surface area contributed by atoms with Gasteiger partial charge in [-0.25, -0.2) is 4.79 Å². The highest BCUT2D eigenvalue weighted by molar-refractivity contribution is 7.31. The Balaban J connectivity index is 1.24. The van der Waals surface area contributed by atoms with E-state index >= 15 is 0 Å². The van der Waals surface area contributed by atoms with Crippen LogP contribution in [0.1, 0.15) is 24.2 Å². The number of ether oxygens (including phenoxy) is 1. The number of fused-ring (bicyclic) bond motifs is 2. The maximum Gasteiger partial charge on any atom is 0.413 e. The summed E-state index contributed by atoms with van der Waals surface area (Å²) in [5.41, 5.74) is 4.48. The van der Waals surface area contributed by atoms with Crippen LogP contribution < -0.4 is 5.32 Å². The summed E-state index contributed by atoms with van der Waals surface area (Å²) >= 11 is 3.30. The summed E-state index contributed by atoms with van der Waals surface area (Å²) in [5.74, 6) is -0.285. The predicted molar refractivity (Wildman–Crippen MR) is 155 cm³/mol. The normalized spacial score (nSPS) is 12.2. The average Bonchev–Trinajstić information content (AvgIpc) is 3.68. The second-order valence-corrected chi connectivity index (χ2v) is 11.4. The number of carboxylic acids is 1. The predicted octanol–water partition coefficient (Wildman–Crippen LogP) is 7.45. The van der Waals surface area contributed by atoms with Crippen molar-refractivity contribution in [2.45, 2.75) is 19.4 Å². The first kappa shape index (κ1) is 24.9. The van der Waals surface area contributed by atoms with Crippen LogP contribution in [0, 0.1) is 0 Å². The molecule has 0 spiro atoms. The molecular weight excluding hydrogens is 532 g/mol. The summed E-state index contributed by atoms with van der Waals surface area (Å²) in [6.07, 6.45) is 2.56. The second-order valence-electron chi connectivity index (χ2n) is 9.21. The number of aromatic amines is 1. The first-order valence-corrected chi connectivity index (χ1v) is 13.9. The maximum atomic E-state index is 12.7. The van der Waals surface area contributed by atoms with Crippen molar-refractivity contribution in [2.75, 3.05) is 5.32 Å². The largest absolute Gasteiger partial charge is 0.481 e. The Morgan fingerprint density at radius 3 is 2.59 bits per heavy atom. The van der Waals surface area contributed by atoms with Crippen molar-refractivity contribution in [3.8, 4) is 20.9 Å². The lowest BCUT2D eigenvalue weighted by molar-refractivity contribution is -0.136. The van der Waals surface area contributed by atoms with Crippen molar-refractivity contribution >= 4 is 60.9 Å². The van der Waals surface area contributed by atoms with Crippen molar-refractivity contribution < 1.29 is 19.4 Å². The van der Waals surface area contributed by atoms with Gasteiger partial charge in [0.15, 0.2) is 0 Å². The fourth-order valence-electron chi connectivity index (χ4n) is 4.60. The number of carbonyl (C=O) groups excluding carboxylic acids is 1. The summed E-state index contributed by atoms with van der Waals surface area (Å²) in [6, 6.07) is 19.9. The molecule has 1 atom stereocenters. The second kappa shape index (κ2) is 10.0. The Morgan fingerprint density at radius 1 is 1.08 bits per heavy atom. The molecule has 3 N–H and O–H groups in total. The number of hydrogen-bond acceptors (Lipinski definition) is 6. The zero-order valence-corrected chi connectivity index (χ0v) is 22.7. The van der Waals surface area contributed by atoms with Gasteiger partial charge in [0.05, 0.1) is 18.2 Å². The van der Waals surface area contributed by atoms with Gasteiger partial charge in [0.25, 0.3) is 0 Å². The van der Waals surface area contributed by atoms with Gasteiger partial charge in [0.2, 0.25) is 0 Å². The standard InChI is InChI=1S/C29H24N4O4S2/c1-16(17-6-4-3-5-7-17)37-29(36)32-28-21(15-31-33(28)2)24-13-26-25(39-24)12-23(38-26)18-8-9-22-20(10-18)19(14-30-22)11-27(34)35/h3-10,12-16,30H,11H2,1-2H3,(H,32,36)(H,34,35)/t16-/m1/s1. The third-order valence-corrected chi connectivity index (χ3v) is 8.95. The highest BCUT2D eigenvalue weighted by atomic mass is 32.1. The number of aliphatic carboxylic acids is 1. The molecule has 0 radical (unpaired) electrons. The van der Waals surface area contributed by atoms with Crippen molar-refractivity contribution in [3.63, 3.8) is 0 Å². The summed E-state index contributed by atoms with van der Waals surface area (Å²) in [5, 5.41) is 17.4. The maximum absolute atomic E-state index is 12.7. The molecule has 39 heavy (non-hydrogen) atoms. The van der Waals surface area contributed by atoms with Crippen molar-refractivity contribution in [1.29, 1.82) is 0 Å². The van der Waals surface area contributed by atoms with Crippen LogP contribution in [0.4, 0.5) is 10.6 Å². The van der Waals surface area contributed by atoms with E-state index in [1.54, 1.807) is 46.8 Å². The molecule has 10 heteroatoms. The minimum Gasteiger partial charge on any atom is -0.481 e. The Labute approximate surface area is 231 Å². The SMILES string of the molecule is C[C@@H](OC(=O)Nc1c(-c2cc3sc(-c4ccc5[nH]cc(CC(=O)O)c5c4)cc3s2)cnn1C)c1ccccc1. The molecule has 6 rings (SSSR count). The number of H-pyrrole nitrogens is 1. The van der Waals surface area contributed by atoms with Crippen LogP contribution in [0.2, 0.25) is 0 Å². The molecule has 8 nitrogen and oxygen atoms in total. The van der Waals surface area contributed by atoms with E-state index in [4.69, 9.17) is 4.74 Å². The molecule has 0 unspecified atom stereocenters. The quantitative estimate of drug-likeness (QED) is 0.189. The van der Waals surface area contributed by atoms with Crippen molar-refractivity contribution in [3.05, 3.63) is 84.2 Å². The third-order valence-electron chi connectivity index (χ3n) is 6.58. The molecule has 0 aliphatic carbocycles. The van der Waals surface area contributed by atoms with E-state index in [-0.39, 0.29) is 12.5 Å². The number of carbonyl (C=O) groups is 2. The van der Waals surface area contributed by atoms with Gasteiger partial charge < -0.3 is 14.8 Å². The molecule has 4 heterocycles. The Morgan fingerprint density at radius 2 is 1.82 bits per heavy atom. The summed E-state index contributed by atoms with van der Waals surface area (Å²) in [4.78, 5) is 29.2. The molecule has 4 aromatic heterocycles. The van der Waals surface area contributed by atoms with Gasteiger partial charge in [-0.05, 0) is 47.9 Å². The van der Waals surface area contributed by atoms with Crippen LogP contribution in [0.25, 0.3) is 41.2 Å². The van der Waals surface area contributed by atoms with Gasteiger partial charge in [-0.1, -0.05) is 36.4 Å². The van der Waals surface area contributed by atoms with Crippen molar-refractivity contribution in [1.82, 2.24) is 14.8 Å². The number of hydrogen-bond donors (Lipinski definition) is 3. The fourth-order valence-corrected chi connectivity index (χ4v) is 7.00. The van der Waals surface area contributed by atoms with Crippen molar-refractivity contribution in [2.24, 2.45) is 7.05 Å². The first-order valence-electron chi connectivity index (χ1n) is 12.3. The monoisotopic (exact) mass is 556 g/mol. The number of carboxylic acid groups (broad SMARTS) is 1. The molecule has 2 aromatic carbocycles. The Kier molecular flexibility index (Phi) is 6.41. The van der Waals surface area contributed by atoms with E-state index in [0.717, 1.165) is 52.3 Å². The number of nitrogens with zero attached hydrogens (tertiary/aromatic N) is 2. The van der Waals surface area contributed by atoms with E-state index in [2.05, 4.69) is 27.5 Å². The van der Waals surface area contributed by atoms with E-state index in [1.807, 2.05) is 55.5 Å². The number of aryl methyl sites for hydroxylation is 1. The number of anilines is 1. The number of rotatable bonds is 7. The van der Waals surface area contributed by atoms with E-state index in [0.29, 0.717) is 5.82 Å². The highest BCUT2D eigenvalue weighted by Gasteiger charge is 2.19. The minimum absolute atomic E-state index is 0.0213. The molecule has 0 fully saturated rings. The zero-order valence-electron chi connectivity index (χ0n) is 21.1. The van der Waals surface area contributed by atoms with E-state index in [9.17, 15) is 14.7 Å². The highest BCUT2D eigenvalue weighted by Crippen LogP contribution is 2.43. The minimum atomic E-state index is -0.853. The molecule has 0 aliphatic rings. The smallest absolute Gasteiger partial charge is 0.413 e. The molecule has 0 saturated carbocycles. The summed E-state index contributed by atoms with van der Waals surface area (Å²) in [6.45, 7) is 1.84. The topological polar surface area (TPSA) is 109 Å². The average molecular weight is 557 g/mol. The van der Waals surface area contributed by atoms with Gasteiger partial charge in [-0.15, -0.1) is 22.7 Å². The molecule has 0 aliphatic heterocycles. The third kappa shape index (κ3) is 4.91. The molecule has 6 aromatic rings. The van der Waals surface area contributed by atoms with Crippen LogP contribution >= 0.6 is 22.7 Å². The first-order chi connectivity index (χ1) is 18.9. The molecular formula is C29H24N4O4S2. The van der Waals surface area contributed by atoms with Crippen LogP contribution in [0.5, 0.6) is 0 Å². The Hall–Kier alpha value is -4.41. The fraction of sp³-hybridized carbons (Fsp3) is 0.138. The van der Waals surface area contributed by atoms with E-state index in [1.165, 1.54) is 0 Å². The van der Waals surface area contributed by atoms with Gasteiger partial charge in [-0.3, -0.25) is 14.8 Å². The van der Waals surface area contributed by atoms with Gasteiger partial charge >= 0.3 is 12.1 Å². The van der Waals surface area contributed by atoms with Crippen LogP contribution in [-0.4, -0.2) is 31.9 Å². The summed E-state index contributed by atoms with van der Waals surface area (Å²) < 4.78 is 9.48. The molecule has 1 amide bonds. The van der Waals surface area contributed by atoms with Gasteiger partial charge in [0, 0.05) is 43.3 Å².